The molecule has 0 radical (unpaired) electrons. The summed E-state index contributed by atoms with van der Waals surface area (Å²) in [7, 11) is 0. The fourth-order valence-corrected chi connectivity index (χ4v) is 2.31. The molecule has 2 heteroatoms. The summed E-state index contributed by atoms with van der Waals surface area (Å²) < 4.78 is 5.61. The van der Waals surface area contributed by atoms with Crippen molar-refractivity contribution in [3.63, 3.8) is 0 Å². The first kappa shape index (κ1) is 15.7. The van der Waals surface area contributed by atoms with E-state index in [1.807, 2.05) is 37.3 Å². The topological polar surface area (TPSA) is 26.3 Å². The van der Waals surface area contributed by atoms with Gasteiger partial charge in [-0.2, -0.15) is 0 Å². The molecule has 0 heterocycles. The number of carbonyl (C=O) groups excluding carboxylic acids is 1. The van der Waals surface area contributed by atoms with Crippen LogP contribution in [-0.2, 0) is 9.53 Å². The molecule has 1 rings (SSSR count). The molecular formula is C17H26O2. The Bertz CT molecular complexity index is 370. The van der Waals surface area contributed by atoms with Gasteiger partial charge in [-0.25, -0.2) is 0 Å². The van der Waals surface area contributed by atoms with Crippen LogP contribution in [0, 0.1) is 11.8 Å². The molecule has 0 aliphatic heterocycles. The number of esters is 1. The highest BCUT2D eigenvalue weighted by Crippen LogP contribution is 2.23. The second-order valence-electron chi connectivity index (χ2n) is 5.60. The van der Waals surface area contributed by atoms with Gasteiger partial charge in [-0.15, -0.1) is 0 Å². The van der Waals surface area contributed by atoms with E-state index in [1.54, 1.807) is 0 Å². The van der Waals surface area contributed by atoms with E-state index in [9.17, 15) is 4.79 Å². The van der Waals surface area contributed by atoms with Crippen LogP contribution in [0.3, 0.4) is 0 Å². The fraction of sp³-hybridized carbons (Fsp3) is 0.588. The lowest BCUT2D eigenvalue weighted by Gasteiger charge is -2.20. The van der Waals surface area contributed by atoms with Crippen LogP contribution in [0.5, 0.6) is 0 Å². The molecule has 2 nitrogen and oxygen atoms in total. The quantitative estimate of drug-likeness (QED) is 0.663. The van der Waals surface area contributed by atoms with Crippen LogP contribution in [-0.4, -0.2) is 5.97 Å². The molecule has 0 aromatic heterocycles. The maximum atomic E-state index is 12.2. The van der Waals surface area contributed by atoms with Crippen molar-refractivity contribution in [2.75, 3.05) is 0 Å². The molecule has 0 fully saturated rings. The number of benzene rings is 1. The molecule has 2 unspecified atom stereocenters. The first-order valence-corrected chi connectivity index (χ1v) is 7.30. The van der Waals surface area contributed by atoms with Crippen molar-refractivity contribution in [2.24, 2.45) is 11.8 Å². The largest absolute Gasteiger partial charge is 0.458 e. The van der Waals surface area contributed by atoms with E-state index >= 15 is 0 Å². The van der Waals surface area contributed by atoms with E-state index in [1.165, 1.54) is 0 Å². The first-order chi connectivity index (χ1) is 9.04. The average molecular weight is 262 g/mol. The summed E-state index contributed by atoms with van der Waals surface area (Å²) >= 11 is 0. The summed E-state index contributed by atoms with van der Waals surface area (Å²) in [6, 6.07) is 9.90. The molecule has 0 aliphatic carbocycles. The van der Waals surface area contributed by atoms with E-state index in [2.05, 4.69) is 20.8 Å². The van der Waals surface area contributed by atoms with Gasteiger partial charge in [0.15, 0.2) is 0 Å². The monoisotopic (exact) mass is 262 g/mol. The molecule has 0 aliphatic rings. The minimum absolute atomic E-state index is 0.0381. The van der Waals surface area contributed by atoms with E-state index in [-0.39, 0.29) is 18.0 Å². The van der Waals surface area contributed by atoms with Crippen molar-refractivity contribution in [1.29, 1.82) is 0 Å². The van der Waals surface area contributed by atoms with Gasteiger partial charge in [-0.05, 0) is 31.2 Å². The molecule has 0 N–H and O–H groups in total. The van der Waals surface area contributed by atoms with Crippen LogP contribution >= 0.6 is 0 Å². The summed E-state index contributed by atoms with van der Waals surface area (Å²) in [5.41, 5.74) is 1.05. The smallest absolute Gasteiger partial charge is 0.309 e. The molecule has 0 bridgehead atoms. The van der Waals surface area contributed by atoms with Gasteiger partial charge in [-0.3, -0.25) is 4.79 Å². The number of hydrogen-bond acceptors (Lipinski definition) is 2. The maximum absolute atomic E-state index is 12.2. The van der Waals surface area contributed by atoms with E-state index in [0.717, 1.165) is 24.8 Å². The molecule has 1 aromatic carbocycles. The second-order valence-corrected chi connectivity index (χ2v) is 5.60. The Hall–Kier alpha value is -1.31. The number of hydrogen-bond donors (Lipinski definition) is 0. The first-order valence-electron chi connectivity index (χ1n) is 7.30. The Labute approximate surface area is 117 Å². The lowest BCUT2D eigenvalue weighted by Crippen LogP contribution is -2.21. The second kappa shape index (κ2) is 7.98. The van der Waals surface area contributed by atoms with Gasteiger partial charge in [0, 0.05) is 0 Å². The van der Waals surface area contributed by atoms with Gasteiger partial charge in [-0.1, -0.05) is 57.5 Å². The third-order valence-corrected chi connectivity index (χ3v) is 3.29. The predicted octanol–water partition coefficient (Wildman–Crippen LogP) is 4.75. The molecule has 106 valence electrons. The number of carbonyl (C=O) groups is 1. The van der Waals surface area contributed by atoms with E-state index in [0.29, 0.717) is 5.92 Å². The standard InChI is InChI=1S/C17H26O2/c1-5-9-16(12-13(2)3)17(18)19-14(4)15-10-7-6-8-11-15/h6-8,10-11,13-14,16H,5,9,12H2,1-4H3. The molecule has 0 saturated heterocycles. The van der Waals surface area contributed by atoms with Crippen molar-refractivity contribution in [3.05, 3.63) is 35.9 Å². The Kier molecular flexibility index (Phi) is 6.61. The van der Waals surface area contributed by atoms with Crippen molar-refractivity contribution in [2.45, 2.75) is 53.1 Å². The molecule has 0 spiro atoms. The molecule has 1 aromatic rings. The minimum atomic E-state index is -0.166. The van der Waals surface area contributed by atoms with Crippen LogP contribution in [0.1, 0.15) is 58.6 Å². The van der Waals surface area contributed by atoms with Crippen LogP contribution in [0.4, 0.5) is 0 Å². The van der Waals surface area contributed by atoms with Crippen molar-refractivity contribution in [3.8, 4) is 0 Å². The van der Waals surface area contributed by atoms with Crippen LogP contribution in [0.25, 0.3) is 0 Å². The third kappa shape index (κ3) is 5.46. The average Bonchev–Trinajstić information content (AvgIpc) is 2.38. The zero-order valence-corrected chi connectivity index (χ0v) is 12.6. The molecule has 2 atom stereocenters. The zero-order chi connectivity index (χ0) is 14.3. The minimum Gasteiger partial charge on any atom is -0.458 e. The van der Waals surface area contributed by atoms with Gasteiger partial charge < -0.3 is 4.74 Å². The van der Waals surface area contributed by atoms with Gasteiger partial charge in [0.2, 0.25) is 0 Å². The van der Waals surface area contributed by atoms with Crippen LogP contribution < -0.4 is 0 Å². The molecule has 0 saturated carbocycles. The highest BCUT2D eigenvalue weighted by atomic mass is 16.5. The summed E-state index contributed by atoms with van der Waals surface area (Å²) in [6.45, 7) is 8.35. The van der Waals surface area contributed by atoms with Gasteiger partial charge in [0.25, 0.3) is 0 Å². The van der Waals surface area contributed by atoms with E-state index < -0.39 is 0 Å². The zero-order valence-electron chi connectivity index (χ0n) is 12.6. The highest BCUT2D eigenvalue weighted by Gasteiger charge is 2.22. The fourth-order valence-electron chi connectivity index (χ4n) is 2.31. The summed E-state index contributed by atoms with van der Waals surface area (Å²) in [4.78, 5) is 12.2. The van der Waals surface area contributed by atoms with Crippen molar-refractivity contribution >= 4 is 5.97 Å². The lowest BCUT2D eigenvalue weighted by molar-refractivity contribution is -0.154. The summed E-state index contributed by atoms with van der Waals surface area (Å²) in [5.74, 6) is 0.513. The van der Waals surface area contributed by atoms with Gasteiger partial charge in [0.05, 0.1) is 5.92 Å². The summed E-state index contributed by atoms with van der Waals surface area (Å²) in [6.07, 6.45) is 2.68. The van der Waals surface area contributed by atoms with Gasteiger partial charge in [0.1, 0.15) is 6.10 Å². The maximum Gasteiger partial charge on any atom is 0.309 e. The van der Waals surface area contributed by atoms with Gasteiger partial charge >= 0.3 is 5.97 Å². The predicted molar refractivity (Wildman–Crippen MR) is 78.8 cm³/mol. The van der Waals surface area contributed by atoms with E-state index in [4.69, 9.17) is 4.74 Å². The Morgan fingerprint density at radius 3 is 2.32 bits per heavy atom. The number of ether oxygens (including phenoxy) is 1. The van der Waals surface area contributed by atoms with Crippen LogP contribution in [0.2, 0.25) is 0 Å². The van der Waals surface area contributed by atoms with Crippen molar-refractivity contribution in [1.82, 2.24) is 0 Å². The third-order valence-electron chi connectivity index (χ3n) is 3.29. The Morgan fingerprint density at radius 2 is 1.79 bits per heavy atom. The Balaban J connectivity index is 2.60. The van der Waals surface area contributed by atoms with Crippen LogP contribution in [0.15, 0.2) is 30.3 Å². The molecular weight excluding hydrogens is 236 g/mol. The SMILES string of the molecule is CCCC(CC(C)C)C(=O)OC(C)c1ccccc1. The summed E-state index contributed by atoms with van der Waals surface area (Å²) in [5, 5.41) is 0. The molecule has 0 amide bonds. The Morgan fingerprint density at radius 1 is 1.16 bits per heavy atom. The lowest BCUT2D eigenvalue weighted by atomic mass is 9.93. The van der Waals surface area contributed by atoms with Crippen molar-refractivity contribution < 1.29 is 9.53 Å². The normalized spacial score (nSPS) is 14.2. The highest BCUT2D eigenvalue weighted by molar-refractivity contribution is 5.72. The number of rotatable bonds is 7. The molecule has 19 heavy (non-hydrogen) atoms.